The molecule has 0 aliphatic rings. The van der Waals surface area contributed by atoms with E-state index in [2.05, 4.69) is 0 Å². The van der Waals surface area contributed by atoms with Crippen LogP contribution in [0.4, 0.5) is 11.4 Å². The number of carbonyl (C=O) groups excluding carboxylic acids is 1. The molecule has 0 saturated carbocycles. The van der Waals surface area contributed by atoms with E-state index in [0.29, 0.717) is 22.0 Å². The third kappa shape index (κ3) is 2.63. The van der Waals surface area contributed by atoms with Crippen molar-refractivity contribution < 1.29 is 4.79 Å². The SMILES string of the molecule is Cc1cccc(C)c1C(=O)N(C)c1cc(Cl)ccc1N. The predicted octanol–water partition coefficient (Wildman–Crippen LogP) is 3.82. The summed E-state index contributed by atoms with van der Waals surface area (Å²) in [6.07, 6.45) is 0. The molecule has 2 aromatic rings. The van der Waals surface area contributed by atoms with Gasteiger partial charge >= 0.3 is 0 Å². The maximum Gasteiger partial charge on any atom is 0.258 e. The second kappa shape index (κ2) is 5.55. The van der Waals surface area contributed by atoms with E-state index in [1.165, 1.54) is 4.90 Å². The molecule has 0 fully saturated rings. The van der Waals surface area contributed by atoms with Gasteiger partial charge in [-0.3, -0.25) is 4.79 Å². The summed E-state index contributed by atoms with van der Waals surface area (Å²) < 4.78 is 0. The number of carbonyl (C=O) groups is 1. The molecule has 4 heteroatoms. The van der Waals surface area contributed by atoms with Gasteiger partial charge in [-0.25, -0.2) is 0 Å². The van der Waals surface area contributed by atoms with E-state index in [1.54, 1.807) is 25.2 Å². The van der Waals surface area contributed by atoms with Gasteiger partial charge in [0.2, 0.25) is 0 Å². The van der Waals surface area contributed by atoms with Crippen molar-refractivity contribution in [2.24, 2.45) is 0 Å². The lowest BCUT2D eigenvalue weighted by molar-refractivity contribution is 0.0992. The molecule has 2 rings (SSSR count). The van der Waals surface area contributed by atoms with Crippen molar-refractivity contribution in [1.29, 1.82) is 0 Å². The molecule has 0 saturated heterocycles. The number of amides is 1. The molecule has 0 spiro atoms. The van der Waals surface area contributed by atoms with Crippen LogP contribution in [-0.4, -0.2) is 13.0 Å². The first kappa shape index (κ1) is 14.4. The molecule has 0 unspecified atom stereocenters. The summed E-state index contributed by atoms with van der Waals surface area (Å²) in [4.78, 5) is 14.2. The zero-order valence-corrected chi connectivity index (χ0v) is 12.5. The molecular weight excluding hydrogens is 272 g/mol. The number of aryl methyl sites for hydroxylation is 2. The normalized spacial score (nSPS) is 10.4. The predicted molar refractivity (Wildman–Crippen MR) is 84.5 cm³/mol. The maximum atomic E-state index is 12.7. The molecule has 0 bridgehead atoms. The Balaban J connectivity index is 2.45. The van der Waals surface area contributed by atoms with Crippen molar-refractivity contribution >= 4 is 28.9 Å². The fourth-order valence-electron chi connectivity index (χ4n) is 2.24. The van der Waals surface area contributed by atoms with Crippen LogP contribution in [0.15, 0.2) is 36.4 Å². The zero-order chi connectivity index (χ0) is 14.9. The van der Waals surface area contributed by atoms with Crippen molar-refractivity contribution in [3.63, 3.8) is 0 Å². The van der Waals surface area contributed by atoms with E-state index in [1.807, 2.05) is 32.0 Å². The minimum absolute atomic E-state index is 0.0884. The number of nitrogens with two attached hydrogens (primary N) is 1. The van der Waals surface area contributed by atoms with Gasteiger partial charge in [-0.1, -0.05) is 29.8 Å². The molecule has 2 N–H and O–H groups in total. The molecule has 3 nitrogen and oxygen atoms in total. The van der Waals surface area contributed by atoms with Gasteiger partial charge in [-0.05, 0) is 43.2 Å². The molecule has 0 aromatic heterocycles. The smallest absolute Gasteiger partial charge is 0.258 e. The van der Waals surface area contributed by atoms with Crippen LogP contribution in [0.3, 0.4) is 0 Å². The number of rotatable bonds is 2. The van der Waals surface area contributed by atoms with Crippen LogP contribution in [0.25, 0.3) is 0 Å². The van der Waals surface area contributed by atoms with Crippen LogP contribution in [0.1, 0.15) is 21.5 Å². The van der Waals surface area contributed by atoms with E-state index in [-0.39, 0.29) is 5.91 Å². The Bertz CT molecular complexity index is 647. The summed E-state index contributed by atoms with van der Waals surface area (Å²) in [5, 5.41) is 0.551. The lowest BCUT2D eigenvalue weighted by Gasteiger charge is -2.21. The molecule has 0 aliphatic heterocycles. The number of hydrogen-bond acceptors (Lipinski definition) is 2. The molecule has 0 radical (unpaired) electrons. The minimum atomic E-state index is -0.0884. The lowest BCUT2D eigenvalue weighted by Crippen LogP contribution is -2.28. The van der Waals surface area contributed by atoms with E-state index >= 15 is 0 Å². The number of anilines is 2. The Morgan fingerprint density at radius 1 is 1.15 bits per heavy atom. The summed E-state index contributed by atoms with van der Waals surface area (Å²) in [5.41, 5.74) is 9.67. The maximum absolute atomic E-state index is 12.7. The molecule has 2 aromatic carbocycles. The van der Waals surface area contributed by atoms with Crippen molar-refractivity contribution in [3.05, 3.63) is 58.1 Å². The first-order valence-electron chi connectivity index (χ1n) is 6.31. The van der Waals surface area contributed by atoms with Gasteiger partial charge in [0, 0.05) is 17.6 Å². The topological polar surface area (TPSA) is 46.3 Å². The highest BCUT2D eigenvalue weighted by atomic mass is 35.5. The standard InChI is InChI=1S/C16H17ClN2O/c1-10-5-4-6-11(2)15(10)16(20)19(3)14-9-12(17)7-8-13(14)18/h4-9H,18H2,1-3H3. The molecule has 1 amide bonds. The number of hydrogen-bond donors (Lipinski definition) is 1. The summed E-state index contributed by atoms with van der Waals surface area (Å²) in [5.74, 6) is -0.0884. The van der Waals surface area contributed by atoms with E-state index in [0.717, 1.165) is 11.1 Å². The van der Waals surface area contributed by atoms with Gasteiger partial charge in [0.1, 0.15) is 0 Å². The molecule has 0 heterocycles. The molecular formula is C16H17ClN2O. The summed E-state index contributed by atoms with van der Waals surface area (Å²) >= 11 is 5.98. The Labute approximate surface area is 124 Å². The van der Waals surface area contributed by atoms with Crippen molar-refractivity contribution in [3.8, 4) is 0 Å². The number of halogens is 1. The largest absolute Gasteiger partial charge is 0.397 e. The number of nitrogens with zero attached hydrogens (tertiary/aromatic N) is 1. The van der Waals surface area contributed by atoms with Gasteiger partial charge in [-0.15, -0.1) is 0 Å². The average Bonchev–Trinajstić information content (AvgIpc) is 2.40. The quantitative estimate of drug-likeness (QED) is 0.854. The number of nitrogen functional groups attached to an aromatic ring is 1. The molecule has 20 heavy (non-hydrogen) atoms. The van der Waals surface area contributed by atoms with Gasteiger partial charge in [0.05, 0.1) is 11.4 Å². The lowest BCUT2D eigenvalue weighted by atomic mass is 10.0. The van der Waals surface area contributed by atoms with E-state index in [9.17, 15) is 4.79 Å². The van der Waals surface area contributed by atoms with Gasteiger partial charge < -0.3 is 10.6 Å². The Kier molecular flexibility index (Phi) is 4.00. The third-order valence-electron chi connectivity index (χ3n) is 3.35. The Morgan fingerprint density at radius 3 is 2.35 bits per heavy atom. The highest BCUT2D eigenvalue weighted by Gasteiger charge is 2.19. The van der Waals surface area contributed by atoms with Gasteiger partial charge in [0.15, 0.2) is 0 Å². The first-order valence-corrected chi connectivity index (χ1v) is 6.69. The van der Waals surface area contributed by atoms with Crippen LogP contribution in [0.2, 0.25) is 5.02 Å². The average molecular weight is 289 g/mol. The Morgan fingerprint density at radius 2 is 1.75 bits per heavy atom. The molecule has 104 valence electrons. The zero-order valence-electron chi connectivity index (χ0n) is 11.8. The second-order valence-corrected chi connectivity index (χ2v) is 5.27. The summed E-state index contributed by atoms with van der Waals surface area (Å²) in [6.45, 7) is 3.85. The molecule has 0 atom stereocenters. The van der Waals surface area contributed by atoms with Crippen molar-refractivity contribution in [2.45, 2.75) is 13.8 Å². The fraction of sp³-hybridized carbons (Fsp3) is 0.188. The highest BCUT2D eigenvalue weighted by molar-refractivity contribution is 6.31. The van der Waals surface area contributed by atoms with Crippen LogP contribution < -0.4 is 10.6 Å². The van der Waals surface area contributed by atoms with E-state index in [4.69, 9.17) is 17.3 Å². The first-order chi connectivity index (χ1) is 9.41. The van der Waals surface area contributed by atoms with Crippen LogP contribution in [0.5, 0.6) is 0 Å². The summed E-state index contributed by atoms with van der Waals surface area (Å²) in [7, 11) is 1.70. The highest BCUT2D eigenvalue weighted by Crippen LogP contribution is 2.28. The van der Waals surface area contributed by atoms with Crippen molar-refractivity contribution in [1.82, 2.24) is 0 Å². The third-order valence-corrected chi connectivity index (χ3v) is 3.59. The minimum Gasteiger partial charge on any atom is -0.397 e. The van der Waals surface area contributed by atoms with E-state index < -0.39 is 0 Å². The van der Waals surface area contributed by atoms with Gasteiger partial charge in [0.25, 0.3) is 5.91 Å². The number of benzene rings is 2. The van der Waals surface area contributed by atoms with Crippen LogP contribution >= 0.6 is 11.6 Å². The summed E-state index contributed by atoms with van der Waals surface area (Å²) in [6, 6.07) is 10.9. The van der Waals surface area contributed by atoms with Crippen LogP contribution in [0, 0.1) is 13.8 Å². The monoisotopic (exact) mass is 288 g/mol. The van der Waals surface area contributed by atoms with Crippen LogP contribution in [-0.2, 0) is 0 Å². The fourth-order valence-corrected chi connectivity index (χ4v) is 2.40. The Hall–Kier alpha value is -2.00. The molecule has 0 aliphatic carbocycles. The van der Waals surface area contributed by atoms with Gasteiger partial charge in [-0.2, -0.15) is 0 Å². The van der Waals surface area contributed by atoms with Crippen molar-refractivity contribution in [2.75, 3.05) is 17.7 Å². The second-order valence-electron chi connectivity index (χ2n) is 4.83.